The first-order valence-corrected chi connectivity index (χ1v) is 8.35. The lowest BCUT2D eigenvalue weighted by Gasteiger charge is -2.15. The van der Waals surface area contributed by atoms with Crippen LogP contribution in [0.1, 0.15) is 29.9 Å². The number of nitrogens with two attached hydrogens (primary N) is 1. The number of nitrogens with one attached hydrogen (secondary N) is 3. The zero-order chi connectivity index (χ0) is 19.4. The van der Waals surface area contributed by atoms with Crippen LogP contribution >= 0.6 is 0 Å². The summed E-state index contributed by atoms with van der Waals surface area (Å²) >= 11 is 0. The lowest BCUT2D eigenvalue weighted by Crippen LogP contribution is -2.11. The van der Waals surface area contributed by atoms with E-state index in [1.807, 2.05) is 32.0 Å². The number of primary amides is 1. The topological polar surface area (TPSA) is 133 Å². The van der Waals surface area contributed by atoms with Gasteiger partial charge in [-0.05, 0) is 44.2 Å². The highest BCUT2D eigenvalue weighted by Gasteiger charge is 2.14. The molecule has 0 bridgehead atoms. The summed E-state index contributed by atoms with van der Waals surface area (Å²) in [5, 5.41) is 22.2. The highest BCUT2D eigenvalue weighted by molar-refractivity contribution is 5.92. The van der Waals surface area contributed by atoms with E-state index in [1.165, 1.54) is 0 Å². The van der Waals surface area contributed by atoms with Crippen molar-refractivity contribution in [3.05, 3.63) is 53.9 Å². The predicted molar refractivity (Wildman–Crippen MR) is 104 cm³/mol. The highest BCUT2D eigenvalue weighted by Crippen LogP contribution is 2.30. The number of aromatic amines is 1. The molecule has 0 aliphatic rings. The largest absolute Gasteiger partial charge is 0.382 e. The Morgan fingerprint density at radius 3 is 2.59 bits per heavy atom. The van der Waals surface area contributed by atoms with Crippen LogP contribution in [-0.4, -0.2) is 27.1 Å². The molecule has 27 heavy (non-hydrogen) atoms. The maximum Gasteiger partial charge on any atom is 0.266 e. The van der Waals surface area contributed by atoms with Crippen molar-refractivity contribution in [3.63, 3.8) is 0 Å². The molecule has 0 saturated carbocycles. The number of aromatic nitrogens is 3. The van der Waals surface area contributed by atoms with Gasteiger partial charge in [0.05, 0.1) is 17.3 Å². The Morgan fingerprint density at radius 1 is 1.26 bits per heavy atom. The van der Waals surface area contributed by atoms with Gasteiger partial charge in [0.1, 0.15) is 11.5 Å². The number of carbonyl (C=O) groups is 1. The number of H-pyrrole nitrogens is 1. The first kappa shape index (κ1) is 17.9. The molecule has 5 N–H and O–H groups in total. The van der Waals surface area contributed by atoms with Gasteiger partial charge in [0.25, 0.3) is 5.91 Å². The number of benzene rings is 1. The van der Waals surface area contributed by atoms with Crippen molar-refractivity contribution < 1.29 is 4.79 Å². The van der Waals surface area contributed by atoms with Crippen LogP contribution in [0.25, 0.3) is 11.3 Å². The molecule has 3 aromatic rings. The lowest BCUT2D eigenvalue weighted by atomic mass is 10.1. The van der Waals surface area contributed by atoms with Gasteiger partial charge in [0.15, 0.2) is 0 Å². The Hall–Kier alpha value is -3.86. The van der Waals surface area contributed by atoms with Crippen molar-refractivity contribution in [3.8, 4) is 17.3 Å². The molecule has 0 aliphatic carbocycles. The quantitative estimate of drug-likeness (QED) is 0.533. The van der Waals surface area contributed by atoms with Crippen molar-refractivity contribution in [1.82, 2.24) is 15.2 Å². The molecule has 0 atom stereocenters. The summed E-state index contributed by atoms with van der Waals surface area (Å²) in [5.74, 6) is 0.0662. The summed E-state index contributed by atoms with van der Waals surface area (Å²) in [5.41, 5.74) is 9.07. The van der Waals surface area contributed by atoms with E-state index in [2.05, 4.69) is 31.9 Å². The van der Waals surface area contributed by atoms with Crippen LogP contribution in [-0.2, 0) is 0 Å². The zero-order valence-corrected chi connectivity index (χ0v) is 14.9. The molecule has 2 aromatic heterocycles. The van der Waals surface area contributed by atoms with Gasteiger partial charge in [-0.3, -0.25) is 9.89 Å². The van der Waals surface area contributed by atoms with Crippen LogP contribution in [0.4, 0.5) is 17.2 Å². The fraction of sp³-hybridized carbons (Fsp3) is 0.158. The second-order valence-electron chi connectivity index (χ2n) is 6.26. The summed E-state index contributed by atoms with van der Waals surface area (Å²) in [6.07, 6.45) is 1.68. The van der Waals surface area contributed by atoms with Gasteiger partial charge < -0.3 is 16.4 Å². The van der Waals surface area contributed by atoms with Crippen molar-refractivity contribution in [2.45, 2.75) is 19.9 Å². The third-order valence-corrected chi connectivity index (χ3v) is 3.75. The van der Waals surface area contributed by atoms with E-state index in [-0.39, 0.29) is 11.7 Å². The minimum atomic E-state index is -0.570. The Morgan fingerprint density at radius 2 is 2.00 bits per heavy atom. The first-order valence-electron chi connectivity index (χ1n) is 8.35. The predicted octanol–water partition coefficient (Wildman–Crippen LogP) is 3.01. The van der Waals surface area contributed by atoms with Crippen molar-refractivity contribution in [2.75, 3.05) is 10.6 Å². The minimum Gasteiger partial charge on any atom is -0.382 e. The van der Waals surface area contributed by atoms with E-state index in [0.717, 1.165) is 16.9 Å². The second-order valence-corrected chi connectivity index (χ2v) is 6.26. The Kier molecular flexibility index (Phi) is 5.04. The molecule has 0 radical (unpaired) electrons. The van der Waals surface area contributed by atoms with Crippen LogP contribution in [0.15, 0.2) is 42.6 Å². The first-order chi connectivity index (χ1) is 13.0. The van der Waals surface area contributed by atoms with Crippen LogP contribution in [0.2, 0.25) is 0 Å². The van der Waals surface area contributed by atoms with E-state index >= 15 is 0 Å². The van der Waals surface area contributed by atoms with Gasteiger partial charge in [0.2, 0.25) is 0 Å². The molecule has 8 heteroatoms. The standard InChI is InChI=1S/C19H19N7O/c1-11(2)23-15-8-18(24-13-5-3-12(9-20)4-6-13)22-10-14(15)16-7-17(19(21)27)26-25-16/h3-8,10-11H,1-2H3,(H2,21,27)(H,25,26)(H2,22,23,24). The van der Waals surface area contributed by atoms with Crippen LogP contribution in [0.5, 0.6) is 0 Å². The number of anilines is 3. The molecule has 0 aliphatic heterocycles. The molecular formula is C19H19N7O. The number of rotatable bonds is 6. The normalized spacial score (nSPS) is 10.4. The number of carbonyl (C=O) groups excluding carboxylic acids is 1. The maximum absolute atomic E-state index is 11.3. The van der Waals surface area contributed by atoms with Gasteiger partial charge >= 0.3 is 0 Å². The molecule has 3 rings (SSSR count). The number of amides is 1. The number of pyridine rings is 1. The molecule has 1 aromatic carbocycles. The fourth-order valence-corrected chi connectivity index (χ4v) is 2.52. The van der Waals surface area contributed by atoms with E-state index in [9.17, 15) is 4.79 Å². The summed E-state index contributed by atoms with van der Waals surface area (Å²) in [4.78, 5) is 15.7. The average Bonchev–Trinajstić information content (AvgIpc) is 3.12. The molecule has 0 spiro atoms. The third kappa shape index (κ3) is 4.22. The Labute approximate surface area is 156 Å². The summed E-state index contributed by atoms with van der Waals surface area (Å²) in [6.45, 7) is 4.05. The molecule has 0 saturated heterocycles. The highest BCUT2D eigenvalue weighted by atomic mass is 16.1. The summed E-state index contributed by atoms with van der Waals surface area (Å²) in [7, 11) is 0. The van der Waals surface area contributed by atoms with E-state index in [4.69, 9.17) is 11.0 Å². The monoisotopic (exact) mass is 361 g/mol. The molecule has 136 valence electrons. The number of hydrogen-bond donors (Lipinski definition) is 4. The molecule has 2 heterocycles. The smallest absolute Gasteiger partial charge is 0.266 e. The van der Waals surface area contributed by atoms with E-state index in [1.54, 1.807) is 24.4 Å². The second kappa shape index (κ2) is 7.58. The van der Waals surface area contributed by atoms with Gasteiger partial charge in [0, 0.05) is 35.2 Å². The van der Waals surface area contributed by atoms with Crippen LogP contribution in [0, 0.1) is 11.3 Å². The molecule has 0 fully saturated rings. The van der Waals surface area contributed by atoms with Gasteiger partial charge in [-0.25, -0.2) is 4.98 Å². The number of hydrogen-bond acceptors (Lipinski definition) is 6. The number of nitriles is 1. The Bertz CT molecular complexity index is 1000. The van der Waals surface area contributed by atoms with Crippen molar-refractivity contribution >= 4 is 23.1 Å². The SMILES string of the molecule is CC(C)Nc1cc(Nc2ccc(C#N)cc2)ncc1-c1cc(C(N)=O)[nH]n1. The van der Waals surface area contributed by atoms with Gasteiger partial charge in [-0.2, -0.15) is 10.4 Å². The van der Waals surface area contributed by atoms with Crippen LogP contribution in [0.3, 0.4) is 0 Å². The zero-order valence-electron chi connectivity index (χ0n) is 14.9. The third-order valence-electron chi connectivity index (χ3n) is 3.75. The van der Waals surface area contributed by atoms with Gasteiger partial charge in [-0.15, -0.1) is 0 Å². The molecular weight excluding hydrogens is 342 g/mol. The van der Waals surface area contributed by atoms with Crippen molar-refractivity contribution in [1.29, 1.82) is 5.26 Å². The fourth-order valence-electron chi connectivity index (χ4n) is 2.52. The Balaban J connectivity index is 1.92. The summed E-state index contributed by atoms with van der Waals surface area (Å²) in [6, 6.07) is 12.8. The van der Waals surface area contributed by atoms with Crippen molar-refractivity contribution in [2.24, 2.45) is 5.73 Å². The molecule has 8 nitrogen and oxygen atoms in total. The maximum atomic E-state index is 11.3. The molecule has 1 amide bonds. The van der Waals surface area contributed by atoms with Crippen LogP contribution < -0.4 is 16.4 Å². The molecule has 0 unspecified atom stereocenters. The summed E-state index contributed by atoms with van der Waals surface area (Å²) < 4.78 is 0. The minimum absolute atomic E-state index is 0.184. The average molecular weight is 361 g/mol. The van der Waals surface area contributed by atoms with E-state index in [0.29, 0.717) is 17.1 Å². The van der Waals surface area contributed by atoms with E-state index < -0.39 is 5.91 Å². The van der Waals surface area contributed by atoms with Gasteiger partial charge in [-0.1, -0.05) is 0 Å². The lowest BCUT2D eigenvalue weighted by molar-refractivity contribution is 0.0995. The number of nitrogens with zero attached hydrogens (tertiary/aromatic N) is 3.